The van der Waals surface area contributed by atoms with Crippen LogP contribution in [0.25, 0.3) is 10.8 Å². The summed E-state index contributed by atoms with van der Waals surface area (Å²) in [5.41, 5.74) is 1.65. The molecule has 2 aromatic carbocycles. The van der Waals surface area contributed by atoms with Crippen LogP contribution in [-0.2, 0) is 33.9 Å². The van der Waals surface area contributed by atoms with Crippen molar-refractivity contribution >= 4 is 23.0 Å². The number of nitrogens with one attached hydrogen (secondary N) is 1. The minimum atomic E-state index is -0.175. The number of ether oxygens (including phenoxy) is 2. The lowest BCUT2D eigenvalue weighted by molar-refractivity contribution is -0.120. The molecule has 0 radical (unpaired) electrons. The first kappa shape index (κ1) is 21.2. The van der Waals surface area contributed by atoms with Crippen LogP contribution in [0.3, 0.4) is 0 Å². The molecule has 2 heterocycles. The van der Waals surface area contributed by atoms with E-state index in [1.807, 2.05) is 18.2 Å². The topological polar surface area (TPSA) is 90.7 Å². The van der Waals surface area contributed by atoms with Crippen molar-refractivity contribution in [2.75, 3.05) is 19.8 Å². The second-order valence-corrected chi connectivity index (χ2v) is 7.79. The van der Waals surface area contributed by atoms with Gasteiger partial charge in [-0.3, -0.25) is 9.59 Å². The van der Waals surface area contributed by atoms with Crippen LogP contribution < -0.4 is 5.32 Å². The van der Waals surface area contributed by atoms with Crippen LogP contribution in [0.2, 0.25) is 0 Å². The normalized spacial score (nSPS) is 14.6. The monoisotopic (exact) mass is 422 g/mol. The fraction of sp³-hybridized carbons (Fsp3) is 0.375. The Hall–Kier alpha value is -3.03. The highest BCUT2D eigenvalue weighted by Crippen LogP contribution is 2.18. The SMILES string of the molecule is O=Cc1c(CC(=O)NCC2CCOCC2)noc1COCc1ccc2ccccc2c1. The van der Waals surface area contributed by atoms with Crippen LogP contribution in [0, 0.1) is 5.92 Å². The number of carbonyl (C=O) groups is 2. The van der Waals surface area contributed by atoms with E-state index in [0.717, 1.165) is 37.0 Å². The Bertz CT molecular complexity index is 1040. The van der Waals surface area contributed by atoms with Crippen molar-refractivity contribution in [2.24, 2.45) is 5.92 Å². The second kappa shape index (κ2) is 10.3. The van der Waals surface area contributed by atoms with Gasteiger partial charge in [-0.2, -0.15) is 0 Å². The van der Waals surface area contributed by atoms with E-state index < -0.39 is 0 Å². The van der Waals surface area contributed by atoms with E-state index >= 15 is 0 Å². The fourth-order valence-electron chi connectivity index (χ4n) is 3.75. The number of hydrogen-bond donors (Lipinski definition) is 1. The van der Waals surface area contributed by atoms with E-state index in [1.165, 1.54) is 5.39 Å². The van der Waals surface area contributed by atoms with E-state index in [9.17, 15) is 9.59 Å². The molecule has 1 amide bonds. The molecule has 1 aliphatic heterocycles. The average Bonchev–Trinajstić information content (AvgIpc) is 3.19. The summed E-state index contributed by atoms with van der Waals surface area (Å²) in [6.45, 7) is 2.57. The quantitative estimate of drug-likeness (QED) is 0.531. The van der Waals surface area contributed by atoms with Gasteiger partial charge in [-0.15, -0.1) is 0 Å². The zero-order chi connectivity index (χ0) is 21.5. The molecule has 1 saturated heterocycles. The molecule has 1 N–H and O–H groups in total. The van der Waals surface area contributed by atoms with Crippen molar-refractivity contribution < 1.29 is 23.6 Å². The first-order valence-corrected chi connectivity index (χ1v) is 10.6. The standard InChI is InChI=1S/C24H26N2O5/c27-14-21-22(12-24(28)25-13-17-7-9-29-10-8-17)26-31-23(21)16-30-15-18-5-6-19-3-1-2-4-20(19)11-18/h1-6,11,14,17H,7-10,12-13,15-16H2,(H,25,28). The van der Waals surface area contributed by atoms with Crippen molar-refractivity contribution in [2.45, 2.75) is 32.5 Å². The summed E-state index contributed by atoms with van der Waals surface area (Å²) >= 11 is 0. The van der Waals surface area contributed by atoms with Crippen molar-refractivity contribution in [3.8, 4) is 0 Å². The summed E-state index contributed by atoms with van der Waals surface area (Å²) in [4.78, 5) is 23.8. The third-order valence-electron chi connectivity index (χ3n) is 5.57. The zero-order valence-electron chi connectivity index (χ0n) is 17.3. The minimum absolute atomic E-state index is 0.00542. The molecule has 0 unspecified atom stereocenters. The van der Waals surface area contributed by atoms with Crippen LogP contribution in [0.4, 0.5) is 0 Å². The van der Waals surface area contributed by atoms with Gasteiger partial charge in [-0.25, -0.2) is 0 Å². The Morgan fingerprint density at radius 3 is 2.74 bits per heavy atom. The molecular formula is C24H26N2O5. The van der Waals surface area contributed by atoms with Gasteiger partial charge in [0.1, 0.15) is 12.3 Å². The smallest absolute Gasteiger partial charge is 0.226 e. The van der Waals surface area contributed by atoms with E-state index in [0.29, 0.717) is 42.4 Å². The van der Waals surface area contributed by atoms with Gasteiger partial charge in [0.05, 0.1) is 18.6 Å². The molecular weight excluding hydrogens is 396 g/mol. The Balaban J connectivity index is 1.29. The van der Waals surface area contributed by atoms with E-state index in [2.05, 4.69) is 34.7 Å². The van der Waals surface area contributed by atoms with Gasteiger partial charge in [0.25, 0.3) is 0 Å². The number of aldehydes is 1. The number of nitrogens with zero attached hydrogens (tertiary/aromatic N) is 1. The lowest BCUT2D eigenvalue weighted by atomic mass is 10.0. The Morgan fingerprint density at radius 2 is 1.94 bits per heavy atom. The number of benzene rings is 2. The highest BCUT2D eigenvalue weighted by Gasteiger charge is 2.20. The van der Waals surface area contributed by atoms with Gasteiger partial charge in [0.2, 0.25) is 5.91 Å². The number of hydrogen-bond acceptors (Lipinski definition) is 6. The lowest BCUT2D eigenvalue weighted by Gasteiger charge is -2.22. The van der Waals surface area contributed by atoms with Crippen LogP contribution >= 0.6 is 0 Å². The summed E-state index contributed by atoms with van der Waals surface area (Å²) in [5.74, 6) is 0.592. The molecule has 4 rings (SSSR count). The van der Waals surface area contributed by atoms with Gasteiger partial charge in [0.15, 0.2) is 12.0 Å². The summed E-state index contributed by atoms with van der Waals surface area (Å²) in [6, 6.07) is 14.3. The predicted molar refractivity (Wildman–Crippen MR) is 115 cm³/mol. The molecule has 162 valence electrons. The van der Waals surface area contributed by atoms with Crippen molar-refractivity contribution in [3.63, 3.8) is 0 Å². The largest absolute Gasteiger partial charge is 0.381 e. The van der Waals surface area contributed by atoms with Crippen LogP contribution in [0.5, 0.6) is 0 Å². The molecule has 0 saturated carbocycles. The first-order chi connectivity index (χ1) is 15.2. The molecule has 0 bridgehead atoms. The summed E-state index contributed by atoms with van der Waals surface area (Å²) in [5, 5.41) is 9.15. The molecule has 7 heteroatoms. The van der Waals surface area contributed by atoms with Gasteiger partial charge in [0, 0.05) is 19.8 Å². The molecule has 0 atom stereocenters. The highest BCUT2D eigenvalue weighted by atomic mass is 16.5. The van der Waals surface area contributed by atoms with Gasteiger partial charge < -0.3 is 19.3 Å². The summed E-state index contributed by atoms with van der Waals surface area (Å²) in [6.07, 6.45) is 2.57. The molecule has 7 nitrogen and oxygen atoms in total. The lowest BCUT2D eigenvalue weighted by Crippen LogP contribution is -2.33. The van der Waals surface area contributed by atoms with E-state index in [4.69, 9.17) is 14.0 Å². The number of fused-ring (bicyclic) bond motifs is 1. The number of amides is 1. The van der Waals surface area contributed by atoms with Crippen LogP contribution in [-0.4, -0.2) is 37.1 Å². The van der Waals surface area contributed by atoms with Gasteiger partial charge >= 0.3 is 0 Å². The molecule has 1 fully saturated rings. The molecule has 0 aliphatic carbocycles. The van der Waals surface area contributed by atoms with E-state index in [1.54, 1.807) is 0 Å². The third-order valence-corrected chi connectivity index (χ3v) is 5.57. The highest BCUT2D eigenvalue weighted by molar-refractivity contribution is 5.84. The van der Waals surface area contributed by atoms with Crippen LogP contribution in [0.1, 0.15) is 40.2 Å². The summed E-state index contributed by atoms with van der Waals surface area (Å²) < 4.78 is 16.4. The third kappa shape index (κ3) is 5.57. The van der Waals surface area contributed by atoms with Gasteiger partial charge in [-0.05, 0) is 41.2 Å². The average molecular weight is 422 g/mol. The molecule has 31 heavy (non-hydrogen) atoms. The maximum absolute atomic E-state index is 12.3. The van der Waals surface area contributed by atoms with Gasteiger partial charge in [-0.1, -0.05) is 41.6 Å². The Kier molecular flexibility index (Phi) is 7.07. The Labute approximate surface area is 180 Å². The Morgan fingerprint density at radius 1 is 1.13 bits per heavy atom. The first-order valence-electron chi connectivity index (χ1n) is 10.6. The van der Waals surface area contributed by atoms with Crippen molar-refractivity contribution in [1.82, 2.24) is 10.5 Å². The fourth-order valence-corrected chi connectivity index (χ4v) is 3.75. The molecule has 1 aliphatic rings. The molecule has 0 spiro atoms. The molecule has 1 aromatic heterocycles. The number of rotatable bonds is 9. The maximum Gasteiger partial charge on any atom is 0.226 e. The maximum atomic E-state index is 12.3. The number of carbonyl (C=O) groups excluding carboxylic acids is 2. The molecule has 3 aromatic rings. The van der Waals surface area contributed by atoms with Crippen molar-refractivity contribution in [3.05, 3.63) is 65.0 Å². The van der Waals surface area contributed by atoms with E-state index in [-0.39, 0.29) is 18.9 Å². The second-order valence-electron chi connectivity index (χ2n) is 7.79. The number of aromatic nitrogens is 1. The summed E-state index contributed by atoms with van der Waals surface area (Å²) in [7, 11) is 0. The van der Waals surface area contributed by atoms with Crippen molar-refractivity contribution in [1.29, 1.82) is 0 Å². The minimum Gasteiger partial charge on any atom is -0.381 e. The zero-order valence-corrected chi connectivity index (χ0v) is 17.3. The van der Waals surface area contributed by atoms with Crippen LogP contribution in [0.15, 0.2) is 47.0 Å². The predicted octanol–water partition coefficient (Wildman–Crippen LogP) is 3.44.